The molecule has 1 saturated heterocycles. The van der Waals surface area contributed by atoms with Gasteiger partial charge in [-0.2, -0.15) is 4.98 Å². The van der Waals surface area contributed by atoms with Crippen LogP contribution in [0.25, 0.3) is 10.2 Å². The SMILES string of the molecule is Cc1nc(C)c(C(=O)N2CCC(Oc3nc4c(F)cccc4s3)CC2)s1. The number of ether oxygens (including phenoxy) is 1. The van der Waals surface area contributed by atoms with Gasteiger partial charge in [0.25, 0.3) is 11.1 Å². The molecule has 0 spiro atoms. The zero-order valence-electron chi connectivity index (χ0n) is 14.5. The number of hydrogen-bond acceptors (Lipinski definition) is 6. The largest absolute Gasteiger partial charge is 0.467 e. The molecule has 1 aliphatic rings. The van der Waals surface area contributed by atoms with Crippen LogP contribution in [0.4, 0.5) is 4.39 Å². The molecule has 4 rings (SSSR count). The summed E-state index contributed by atoms with van der Waals surface area (Å²) < 4.78 is 20.5. The monoisotopic (exact) mass is 391 g/mol. The lowest BCUT2D eigenvalue weighted by atomic mass is 10.1. The number of para-hydroxylation sites is 1. The van der Waals surface area contributed by atoms with Crippen LogP contribution in [0.2, 0.25) is 0 Å². The van der Waals surface area contributed by atoms with Crippen molar-refractivity contribution in [1.82, 2.24) is 14.9 Å². The van der Waals surface area contributed by atoms with Crippen LogP contribution in [0.15, 0.2) is 18.2 Å². The summed E-state index contributed by atoms with van der Waals surface area (Å²) in [5, 5.41) is 1.40. The van der Waals surface area contributed by atoms with Gasteiger partial charge in [0, 0.05) is 25.9 Å². The molecule has 5 nitrogen and oxygen atoms in total. The second-order valence-electron chi connectivity index (χ2n) is 6.32. The number of rotatable bonds is 3. The second-order valence-corrected chi connectivity index (χ2v) is 8.52. The Kier molecular flexibility index (Phi) is 4.62. The first kappa shape index (κ1) is 17.4. The Hall–Kier alpha value is -2.06. The maximum atomic E-state index is 13.8. The minimum atomic E-state index is -0.329. The normalized spacial score (nSPS) is 15.6. The number of aryl methyl sites for hydroxylation is 2. The summed E-state index contributed by atoms with van der Waals surface area (Å²) >= 11 is 2.80. The Labute approximate surface area is 158 Å². The van der Waals surface area contributed by atoms with E-state index >= 15 is 0 Å². The van der Waals surface area contributed by atoms with Gasteiger partial charge >= 0.3 is 0 Å². The van der Waals surface area contributed by atoms with Crippen molar-refractivity contribution in [3.05, 3.63) is 39.6 Å². The number of aromatic nitrogens is 2. The van der Waals surface area contributed by atoms with E-state index in [-0.39, 0.29) is 17.8 Å². The van der Waals surface area contributed by atoms with Crippen LogP contribution in [0, 0.1) is 19.7 Å². The van der Waals surface area contributed by atoms with E-state index in [0.717, 1.165) is 33.1 Å². The molecule has 1 aliphatic heterocycles. The summed E-state index contributed by atoms with van der Waals surface area (Å²) in [7, 11) is 0. The van der Waals surface area contributed by atoms with E-state index in [4.69, 9.17) is 4.74 Å². The minimum Gasteiger partial charge on any atom is -0.467 e. The molecule has 26 heavy (non-hydrogen) atoms. The van der Waals surface area contributed by atoms with Crippen molar-refractivity contribution in [3.8, 4) is 5.19 Å². The van der Waals surface area contributed by atoms with Gasteiger partial charge in [0.15, 0.2) is 0 Å². The number of likely N-dealkylation sites (tertiary alicyclic amines) is 1. The number of carbonyl (C=O) groups excluding carboxylic acids is 1. The van der Waals surface area contributed by atoms with Crippen molar-refractivity contribution in [3.63, 3.8) is 0 Å². The van der Waals surface area contributed by atoms with Gasteiger partial charge in [-0.1, -0.05) is 17.4 Å². The highest BCUT2D eigenvalue weighted by Crippen LogP contribution is 2.31. The minimum absolute atomic E-state index is 0.00744. The summed E-state index contributed by atoms with van der Waals surface area (Å²) in [4.78, 5) is 23.8. The molecule has 1 fully saturated rings. The number of thiazole rings is 2. The molecule has 0 N–H and O–H groups in total. The van der Waals surface area contributed by atoms with E-state index in [1.807, 2.05) is 24.8 Å². The fourth-order valence-corrected chi connectivity index (χ4v) is 4.92. The lowest BCUT2D eigenvalue weighted by Gasteiger charge is -2.31. The van der Waals surface area contributed by atoms with Crippen LogP contribution in [-0.4, -0.2) is 40.0 Å². The molecule has 3 heterocycles. The number of hydrogen-bond donors (Lipinski definition) is 0. The summed E-state index contributed by atoms with van der Waals surface area (Å²) in [6.45, 7) is 5.06. The van der Waals surface area contributed by atoms with E-state index in [9.17, 15) is 9.18 Å². The van der Waals surface area contributed by atoms with Crippen molar-refractivity contribution in [2.24, 2.45) is 0 Å². The van der Waals surface area contributed by atoms with Crippen molar-refractivity contribution < 1.29 is 13.9 Å². The highest BCUT2D eigenvalue weighted by atomic mass is 32.1. The Balaban J connectivity index is 1.39. The molecule has 8 heteroatoms. The van der Waals surface area contributed by atoms with Gasteiger partial charge in [-0.25, -0.2) is 9.37 Å². The molecule has 3 aromatic rings. The summed E-state index contributed by atoms with van der Waals surface area (Å²) in [5.74, 6) is -0.280. The van der Waals surface area contributed by atoms with Gasteiger partial charge in [-0.3, -0.25) is 4.79 Å². The second kappa shape index (κ2) is 6.92. The fraction of sp³-hybridized carbons (Fsp3) is 0.389. The standard InChI is InChI=1S/C18H18FN3O2S2/c1-10-16(25-11(2)20-10)17(23)22-8-6-12(7-9-22)24-18-21-15-13(19)4-3-5-14(15)26-18/h3-5,12H,6-9H2,1-2H3. The highest BCUT2D eigenvalue weighted by molar-refractivity contribution is 7.20. The molecule has 1 amide bonds. The maximum absolute atomic E-state index is 13.8. The Morgan fingerprint density at radius 2 is 2.00 bits per heavy atom. The van der Waals surface area contributed by atoms with Gasteiger partial charge in [0.05, 0.1) is 15.4 Å². The number of piperidine rings is 1. The number of halogens is 1. The summed E-state index contributed by atoms with van der Waals surface area (Å²) in [6, 6.07) is 4.91. The first-order valence-corrected chi connectivity index (χ1v) is 10.1. The van der Waals surface area contributed by atoms with Gasteiger partial charge in [0.2, 0.25) is 0 Å². The highest BCUT2D eigenvalue weighted by Gasteiger charge is 2.27. The van der Waals surface area contributed by atoms with Gasteiger partial charge in [0.1, 0.15) is 22.3 Å². The smallest absolute Gasteiger partial charge is 0.274 e. The number of fused-ring (bicyclic) bond motifs is 1. The summed E-state index contributed by atoms with van der Waals surface area (Å²) in [5.41, 5.74) is 1.16. The van der Waals surface area contributed by atoms with E-state index in [2.05, 4.69) is 9.97 Å². The van der Waals surface area contributed by atoms with Crippen LogP contribution in [0.1, 0.15) is 33.2 Å². The van der Waals surface area contributed by atoms with E-state index in [1.165, 1.54) is 28.7 Å². The van der Waals surface area contributed by atoms with Crippen LogP contribution in [-0.2, 0) is 0 Å². The number of amides is 1. The van der Waals surface area contributed by atoms with Gasteiger partial charge < -0.3 is 9.64 Å². The molecular formula is C18H18FN3O2S2. The molecule has 0 unspecified atom stereocenters. The molecule has 0 bridgehead atoms. The molecule has 0 radical (unpaired) electrons. The van der Waals surface area contributed by atoms with Crippen molar-refractivity contribution in [2.75, 3.05) is 13.1 Å². The third-order valence-corrected chi connectivity index (χ3v) is 6.42. The first-order chi connectivity index (χ1) is 12.5. The number of nitrogens with zero attached hydrogens (tertiary/aromatic N) is 3. The van der Waals surface area contributed by atoms with Crippen LogP contribution in [0.3, 0.4) is 0 Å². The molecular weight excluding hydrogens is 373 g/mol. The topological polar surface area (TPSA) is 55.3 Å². The molecule has 2 aromatic heterocycles. The Bertz CT molecular complexity index is 961. The van der Waals surface area contributed by atoms with Crippen molar-refractivity contribution >= 4 is 38.8 Å². The van der Waals surface area contributed by atoms with Crippen LogP contribution >= 0.6 is 22.7 Å². The quantitative estimate of drug-likeness (QED) is 0.672. The summed E-state index contributed by atoms with van der Waals surface area (Å²) in [6.07, 6.45) is 1.47. The average molecular weight is 391 g/mol. The van der Waals surface area contributed by atoms with E-state index < -0.39 is 0 Å². The van der Waals surface area contributed by atoms with Crippen LogP contribution in [0.5, 0.6) is 5.19 Å². The predicted molar refractivity (Wildman–Crippen MR) is 101 cm³/mol. The maximum Gasteiger partial charge on any atom is 0.274 e. The number of carbonyl (C=O) groups is 1. The average Bonchev–Trinajstić information content (AvgIpc) is 3.18. The fourth-order valence-electron chi connectivity index (χ4n) is 3.14. The lowest BCUT2D eigenvalue weighted by Crippen LogP contribution is -2.41. The van der Waals surface area contributed by atoms with Crippen molar-refractivity contribution in [1.29, 1.82) is 0 Å². The lowest BCUT2D eigenvalue weighted by molar-refractivity contribution is 0.0599. The third kappa shape index (κ3) is 3.31. The van der Waals surface area contributed by atoms with E-state index in [0.29, 0.717) is 23.8 Å². The third-order valence-electron chi connectivity index (χ3n) is 4.44. The zero-order chi connectivity index (χ0) is 18.3. The Morgan fingerprint density at radius 3 is 2.65 bits per heavy atom. The molecule has 0 atom stereocenters. The van der Waals surface area contributed by atoms with E-state index in [1.54, 1.807) is 6.07 Å². The van der Waals surface area contributed by atoms with Crippen LogP contribution < -0.4 is 4.74 Å². The van der Waals surface area contributed by atoms with Crippen molar-refractivity contribution in [2.45, 2.75) is 32.8 Å². The molecule has 1 aromatic carbocycles. The number of benzene rings is 1. The predicted octanol–water partition coefficient (Wildman–Crippen LogP) is 4.19. The molecule has 0 aliphatic carbocycles. The van der Waals surface area contributed by atoms with Gasteiger partial charge in [-0.15, -0.1) is 11.3 Å². The first-order valence-electron chi connectivity index (χ1n) is 8.46. The zero-order valence-corrected chi connectivity index (χ0v) is 16.1. The van der Waals surface area contributed by atoms with Gasteiger partial charge in [-0.05, 0) is 26.0 Å². The molecule has 0 saturated carbocycles. The Morgan fingerprint density at radius 1 is 1.23 bits per heavy atom. The molecule has 136 valence electrons.